The van der Waals surface area contributed by atoms with Gasteiger partial charge >= 0.3 is 12.1 Å². The predicted octanol–water partition coefficient (Wildman–Crippen LogP) is 3.85. The highest BCUT2D eigenvalue weighted by Gasteiger charge is 2.64. The van der Waals surface area contributed by atoms with Crippen molar-refractivity contribution < 1.29 is 62.4 Å². The second-order valence-electron chi connectivity index (χ2n) is 17.8. The largest absolute Gasteiger partial charge is 0.495 e. The molecule has 1 aromatic carbocycles. The average Bonchev–Trinajstić information content (AvgIpc) is 3.89. The summed E-state index contributed by atoms with van der Waals surface area (Å²) in [4.78, 5) is 95.4. The maximum atomic E-state index is 14.3. The summed E-state index contributed by atoms with van der Waals surface area (Å²) < 4.78 is 29.3. The van der Waals surface area contributed by atoms with Gasteiger partial charge in [-0.25, -0.2) is 9.59 Å². The van der Waals surface area contributed by atoms with E-state index in [1.807, 2.05) is 13.0 Å². The average molecular weight is 963 g/mol. The minimum atomic E-state index is -1.87. The Morgan fingerprint density at radius 1 is 1.12 bits per heavy atom. The number of benzene rings is 1. The highest BCUT2D eigenvalue weighted by molar-refractivity contribution is 8.00. The van der Waals surface area contributed by atoms with Crippen molar-refractivity contribution in [2.45, 2.75) is 139 Å². The third-order valence-corrected chi connectivity index (χ3v) is 14.7. The number of carbonyl (C=O) groups excluding carboxylic acids is 7. The molecule has 20 heteroatoms. The van der Waals surface area contributed by atoms with E-state index in [0.29, 0.717) is 37.1 Å². The maximum Gasteiger partial charge on any atom is 0.409 e. The van der Waals surface area contributed by atoms with E-state index in [9.17, 15) is 38.7 Å². The number of anilines is 1. The number of imide groups is 1. The number of ketones is 1. The van der Waals surface area contributed by atoms with Crippen LogP contribution in [0.3, 0.4) is 0 Å². The lowest BCUT2D eigenvalue weighted by atomic mass is 9.83. The molecule has 0 saturated carbocycles. The number of alkyl carbamates (subject to hydrolysis) is 1. The van der Waals surface area contributed by atoms with Crippen LogP contribution in [0.25, 0.3) is 0 Å². The highest BCUT2D eigenvalue weighted by Crippen LogP contribution is 2.49. The molecule has 66 heavy (non-hydrogen) atoms. The Hall–Kier alpha value is -4.53. The van der Waals surface area contributed by atoms with E-state index in [0.717, 1.165) is 11.1 Å². The number of hydrogen-bond donors (Lipinski definition) is 3. The molecule has 3 fully saturated rings. The quantitative estimate of drug-likeness (QED) is 0.0980. The van der Waals surface area contributed by atoms with E-state index >= 15 is 0 Å². The number of Topliss-reactive ketones (excluding diaryl/α,β-unsaturated/α-hetero) is 1. The number of nitrogens with zero attached hydrogens (tertiary/aromatic N) is 3. The first-order chi connectivity index (χ1) is 31.0. The van der Waals surface area contributed by atoms with Gasteiger partial charge in [-0.05, 0) is 64.7 Å². The zero-order valence-corrected chi connectivity index (χ0v) is 40.7. The molecule has 2 unspecified atom stereocenters. The molecule has 5 amide bonds. The van der Waals surface area contributed by atoms with Crippen LogP contribution in [0.15, 0.2) is 35.9 Å². The monoisotopic (exact) mass is 961 g/mol. The normalized spacial score (nSPS) is 30.3. The van der Waals surface area contributed by atoms with E-state index in [4.69, 9.17) is 41.0 Å². The Morgan fingerprint density at radius 3 is 2.50 bits per heavy atom. The van der Waals surface area contributed by atoms with Crippen molar-refractivity contribution in [2.75, 3.05) is 45.5 Å². The summed E-state index contributed by atoms with van der Waals surface area (Å²) in [6.45, 7) is 8.46. The van der Waals surface area contributed by atoms with E-state index in [1.54, 1.807) is 45.2 Å². The number of ether oxygens (including phenoxy) is 5. The molecular formula is C46H64ClN5O13S. The minimum Gasteiger partial charge on any atom is -0.495 e. The van der Waals surface area contributed by atoms with Crippen LogP contribution < -0.4 is 20.7 Å². The number of likely N-dealkylation sites (N-methyl/N-ethyl adjacent to an activating group) is 1. The standard InChI is InChI=1S/C46H64ClN5O13S/c1-25-14-13-15-35(62-9)46(60)23-33(63-44(59)49-46)26(2)41-45(5,65-41)36(22-38(55)51(7)31-19-29(18-25)20-32(61-8)40(31)47)64-43(58)27(3)50(6)37(54)16-11-10-12-17-52-39(56)21-34(42(52)57)66-24-30(48)28(4)53/h13-15,19-20,26-27,30,33-36,41,60H,10-12,16-18,21-24,48H2,1-9H3,(H,49,59)/b15-13+,25-14+/t26-,27+,30+,33+,34?,35-,36+,41?,45+,46+/m1/s1. The number of methoxy groups -OCH3 is 2. The molecule has 364 valence electrons. The fourth-order valence-electron chi connectivity index (χ4n) is 8.47. The van der Waals surface area contributed by atoms with Crippen LogP contribution in [0, 0.1) is 5.92 Å². The summed E-state index contributed by atoms with van der Waals surface area (Å²) >= 11 is 8.00. The van der Waals surface area contributed by atoms with Crippen LogP contribution in [0.4, 0.5) is 10.5 Å². The minimum absolute atomic E-state index is 0.0442. The number of amides is 5. The van der Waals surface area contributed by atoms with E-state index in [-0.39, 0.29) is 66.5 Å². The van der Waals surface area contributed by atoms with Crippen LogP contribution in [-0.2, 0) is 54.1 Å². The third-order valence-electron chi connectivity index (χ3n) is 13.0. The van der Waals surface area contributed by atoms with Gasteiger partial charge in [-0.3, -0.25) is 34.2 Å². The van der Waals surface area contributed by atoms with E-state index in [1.165, 1.54) is 61.6 Å². The lowest BCUT2D eigenvalue weighted by Gasteiger charge is -2.42. The molecule has 3 saturated heterocycles. The molecule has 4 aliphatic rings. The van der Waals surface area contributed by atoms with Gasteiger partial charge in [0.1, 0.15) is 46.5 Å². The van der Waals surface area contributed by atoms with Gasteiger partial charge in [0.25, 0.3) is 0 Å². The van der Waals surface area contributed by atoms with Crippen molar-refractivity contribution in [3.63, 3.8) is 0 Å². The molecule has 0 spiro atoms. The van der Waals surface area contributed by atoms with Crippen LogP contribution in [-0.4, -0.2) is 150 Å². The SMILES string of the molecule is COc1cc2cc(c1Cl)N(C)C(=O)C[C@H](OC(=O)[C@H](C)N(C)C(=O)CCCCCN1C(=O)CC(SC[C@H](N)C(C)=O)C1=O)[C@]1(C)OC1[C@H](C)[C@@H]1C[C@@](O)(NC(=O)O1)[C@H](OC)/C=C/C=C(\C)C2. The number of likely N-dealkylation sites (tertiary alicyclic amines) is 1. The van der Waals surface area contributed by atoms with Gasteiger partial charge in [-0.15, -0.1) is 11.8 Å². The molecule has 4 heterocycles. The number of aliphatic hydroxyl groups is 1. The van der Waals surface area contributed by atoms with Crippen LogP contribution >= 0.6 is 23.4 Å². The van der Waals surface area contributed by atoms with Crippen molar-refractivity contribution in [3.8, 4) is 5.75 Å². The summed E-state index contributed by atoms with van der Waals surface area (Å²) in [6, 6.07) is 1.75. The number of epoxide rings is 1. The van der Waals surface area contributed by atoms with Crippen molar-refractivity contribution in [1.29, 1.82) is 0 Å². The zero-order chi connectivity index (χ0) is 48.8. The Balaban J connectivity index is 1.30. The Bertz CT molecular complexity index is 2110. The van der Waals surface area contributed by atoms with Crippen LogP contribution in [0.1, 0.15) is 85.1 Å². The Kier molecular flexibility index (Phi) is 17.5. The van der Waals surface area contributed by atoms with Gasteiger partial charge in [0.2, 0.25) is 23.6 Å². The molecule has 0 aromatic heterocycles. The van der Waals surface area contributed by atoms with Gasteiger partial charge in [0.15, 0.2) is 5.72 Å². The number of carbonyl (C=O) groups is 7. The van der Waals surface area contributed by atoms with Crippen molar-refractivity contribution in [2.24, 2.45) is 11.7 Å². The zero-order valence-electron chi connectivity index (χ0n) is 39.1. The second kappa shape index (κ2) is 22.1. The maximum absolute atomic E-state index is 14.3. The fraction of sp³-hybridized carbons (Fsp3) is 0.630. The molecule has 4 bridgehead atoms. The Labute approximate surface area is 395 Å². The van der Waals surface area contributed by atoms with Crippen molar-refractivity contribution >= 4 is 70.5 Å². The second-order valence-corrected chi connectivity index (χ2v) is 19.5. The summed E-state index contributed by atoms with van der Waals surface area (Å²) in [5, 5.41) is 13.9. The first-order valence-electron chi connectivity index (χ1n) is 22.1. The molecule has 5 rings (SSSR count). The molecular weight excluding hydrogens is 898 g/mol. The summed E-state index contributed by atoms with van der Waals surface area (Å²) in [5.74, 6) is -2.41. The summed E-state index contributed by atoms with van der Waals surface area (Å²) in [5.41, 5.74) is 4.67. The lowest BCUT2D eigenvalue weighted by Crippen LogP contribution is -2.63. The van der Waals surface area contributed by atoms with Gasteiger partial charge in [-0.2, -0.15) is 0 Å². The number of halogens is 1. The first kappa shape index (κ1) is 52.4. The van der Waals surface area contributed by atoms with Crippen LogP contribution in [0.5, 0.6) is 5.75 Å². The van der Waals surface area contributed by atoms with Gasteiger partial charge < -0.3 is 44.3 Å². The molecule has 18 nitrogen and oxygen atoms in total. The number of hydrogen-bond acceptors (Lipinski definition) is 15. The Morgan fingerprint density at radius 2 is 1.83 bits per heavy atom. The number of allylic oxidation sites excluding steroid dienone is 3. The lowest BCUT2D eigenvalue weighted by molar-refractivity contribution is -0.162. The predicted molar refractivity (Wildman–Crippen MR) is 246 cm³/mol. The number of esters is 1. The molecule has 0 aliphatic carbocycles. The third kappa shape index (κ3) is 12.1. The molecule has 4 aliphatic heterocycles. The number of fused-ring (bicyclic) bond motifs is 5. The fourth-order valence-corrected chi connectivity index (χ4v) is 9.99. The number of nitrogens with one attached hydrogen (secondary N) is 1. The number of nitrogens with two attached hydrogens (primary N) is 1. The summed E-state index contributed by atoms with van der Waals surface area (Å²) in [6.07, 6.45) is 2.05. The molecule has 4 N–H and O–H groups in total. The molecule has 0 radical (unpaired) electrons. The topological polar surface area (TPSA) is 237 Å². The van der Waals surface area contributed by atoms with Gasteiger partial charge in [-0.1, -0.05) is 48.7 Å². The number of thioether (sulfide) groups is 1. The van der Waals surface area contributed by atoms with E-state index < -0.39 is 77.0 Å². The van der Waals surface area contributed by atoms with Gasteiger partial charge in [0.05, 0.1) is 36.6 Å². The van der Waals surface area contributed by atoms with Crippen LogP contribution in [0.2, 0.25) is 5.02 Å². The first-order valence-corrected chi connectivity index (χ1v) is 23.5. The van der Waals surface area contributed by atoms with Gasteiger partial charge in [0, 0.05) is 58.7 Å². The van der Waals surface area contributed by atoms with E-state index in [2.05, 4.69) is 5.32 Å². The molecule has 10 atom stereocenters. The summed E-state index contributed by atoms with van der Waals surface area (Å²) in [7, 11) is 5.92. The smallest absolute Gasteiger partial charge is 0.409 e. The highest BCUT2D eigenvalue weighted by atomic mass is 35.5. The van der Waals surface area contributed by atoms with Crippen molar-refractivity contribution in [1.82, 2.24) is 15.1 Å². The number of rotatable bonds is 15. The van der Waals surface area contributed by atoms with Crippen molar-refractivity contribution in [3.05, 3.63) is 46.5 Å². The molecule has 1 aromatic rings. The number of unbranched alkanes of at least 4 members (excludes halogenated alkanes) is 2.